The maximum absolute atomic E-state index is 13.1. The number of nitrogens with one attached hydrogen (secondary N) is 1. The van der Waals surface area contributed by atoms with Crippen molar-refractivity contribution in [1.82, 2.24) is 10.2 Å². The molecule has 0 saturated carbocycles. The molecule has 0 radical (unpaired) electrons. The lowest BCUT2D eigenvalue weighted by atomic mass is 9.93. The highest BCUT2D eigenvalue weighted by Crippen LogP contribution is 2.29. The largest absolute Gasteiger partial charge is 0.356 e. The first-order valence-corrected chi connectivity index (χ1v) is 8.78. The highest BCUT2D eigenvalue weighted by Gasteiger charge is 2.26. The summed E-state index contributed by atoms with van der Waals surface area (Å²) in [5, 5.41) is 3.06. The third kappa shape index (κ3) is 5.03. The Morgan fingerprint density at radius 1 is 1.35 bits per heavy atom. The highest BCUT2D eigenvalue weighted by atomic mass is 19.1. The lowest BCUT2D eigenvalue weighted by Crippen LogP contribution is -2.43. The number of hydrogen-bond acceptors (Lipinski definition) is 2. The predicted molar refractivity (Wildman–Crippen MR) is 91.6 cm³/mol. The maximum Gasteiger partial charge on any atom is 0.222 e. The monoisotopic (exact) mass is 320 g/mol. The summed E-state index contributed by atoms with van der Waals surface area (Å²) in [6.07, 6.45) is 3.32. The Morgan fingerprint density at radius 2 is 2.04 bits per heavy atom. The molecule has 1 N–H and O–H groups in total. The zero-order chi connectivity index (χ0) is 16.8. The van der Waals surface area contributed by atoms with E-state index in [0.29, 0.717) is 12.0 Å². The summed E-state index contributed by atoms with van der Waals surface area (Å²) in [6.45, 7) is 8.85. The third-order valence-electron chi connectivity index (χ3n) is 4.72. The molecule has 1 aromatic rings. The third-order valence-corrected chi connectivity index (χ3v) is 4.72. The molecule has 0 aromatic heterocycles. The quantitative estimate of drug-likeness (QED) is 0.865. The lowest BCUT2D eigenvalue weighted by Gasteiger charge is -2.38. The minimum atomic E-state index is -0.184. The van der Waals surface area contributed by atoms with Gasteiger partial charge in [0.25, 0.3) is 0 Å². The van der Waals surface area contributed by atoms with Gasteiger partial charge in [0.05, 0.1) is 0 Å². The number of likely N-dealkylation sites (tertiary alicyclic amines) is 1. The average Bonchev–Trinajstić information content (AvgIpc) is 2.55. The van der Waals surface area contributed by atoms with Gasteiger partial charge in [-0.25, -0.2) is 4.39 Å². The van der Waals surface area contributed by atoms with E-state index < -0.39 is 0 Å². The fraction of sp³-hybridized carbons (Fsp3) is 0.632. The molecule has 4 heteroatoms. The number of halogens is 1. The van der Waals surface area contributed by atoms with Crippen LogP contribution < -0.4 is 5.32 Å². The first kappa shape index (κ1) is 17.9. The van der Waals surface area contributed by atoms with Crippen LogP contribution in [0.1, 0.15) is 51.6 Å². The first-order valence-electron chi connectivity index (χ1n) is 8.78. The fourth-order valence-corrected chi connectivity index (χ4v) is 3.39. The fourth-order valence-electron chi connectivity index (χ4n) is 3.39. The molecule has 0 spiro atoms. The molecule has 3 nitrogen and oxygen atoms in total. The number of amides is 1. The van der Waals surface area contributed by atoms with E-state index in [-0.39, 0.29) is 17.6 Å². The van der Waals surface area contributed by atoms with Crippen LogP contribution in [-0.2, 0) is 4.79 Å². The molecule has 1 fully saturated rings. The SMILES string of the molecule is CCC(c1ccc(F)cc1)N1CCCC(CNC(=O)C(C)C)C1. The molecule has 2 atom stereocenters. The van der Waals surface area contributed by atoms with Crippen LogP contribution in [0.15, 0.2) is 24.3 Å². The van der Waals surface area contributed by atoms with E-state index >= 15 is 0 Å². The zero-order valence-corrected chi connectivity index (χ0v) is 14.5. The van der Waals surface area contributed by atoms with Crippen molar-refractivity contribution < 1.29 is 9.18 Å². The van der Waals surface area contributed by atoms with Crippen LogP contribution in [0.5, 0.6) is 0 Å². The number of hydrogen-bond donors (Lipinski definition) is 1. The van der Waals surface area contributed by atoms with E-state index in [1.807, 2.05) is 26.0 Å². The second kappa shape index (κ2) is 8.44. The van der Waals surface area contributed by atoms with Crippen LogP contribution in [0.25, 0.3) is 0 Å². The molecule has 128 valence electrons. The maximum atomic E-state index is 13.1. The Balaban J connectivity index is 1.95. The van der Waals surface area contributed by atoms with E-state index in [9.17, 15) is 9.18 Å². The molecular formula is C19H29FN2O. The molecule has 23 heavy (non-hydrogen) atoms. The summed E-state index contributed by atoms with van der Waals surface area (Å²) in [6, 6.07) is 7.21. The van der Waals surface area contributed by atoms with Crippen molar-refractivity contribution in [3.8, 4) is 0 Å². The predicted octanol–water partition coefficient (Wildman–Crippen LogP) is 3.76. The summed E-state index contributed by atoms with van der Waals surface area (Å²) >= 11 is 0. The summed E-state index contributed by atoms with van der Waals surface area (Å²) < 4.78 is 13.1. The van der Waals surface area contributed by atoms with Crippen molar-refractivity contribution in [3.05, 3.63) is 35.6 Å². The molecule has 1 heterocycles. The zero-order valence-electron chi connectivity index (χ0n) is 14.5. The summed E-state index contributed by atoms with van der Waals surface area (Å²) in [5.74, 6) is 0.488. The Morgan fingerprint density at radius 3 is 2.65 bits per heavy atom. The molecular weight excluding hydrogens is 291 g/mol. The normalized spacial score (nSPS) is 20.5. The van der Waals surface area contributed by atoms with Crippen molar-refractivity contribution in [2.45, 2.75) is 46.1 Å². The Labute approximate surface area is 139 Å². The van der Waals surface area contributed by atoms with Gasteiger partial charge in [0.1, 0.15) is 5.82 Å². The van der Waals surface area contributed by atoms with Crippen molar-refractivity contribution in [2.75, 3.05) is 19.6 Å². The van der Waals surface area contributed by atoms with Crippen molar-refractivity contribution >= 4 is 5.91 Å². The van der Waals surface area contributed by atoms with Crippen molar-refractivity contribution in [1.29, 1.82) is 0 Å². The smallest absolute Gasteiger partial charge is 0.222 e. The lowest BCUT2D eigenvalue weighted by molar-refractivity contribution is -0.124. The van der Waals surface area contributed by atoms with Gasteiger partial charge < -0.3 is 5.32 Å². The number of piperidine rings is 1. The minimum absolute atomic E-state index is 0.0392. The molecule has 2 unspecified atom stereocenters. The molecule has 2 rings (SSSR count). The van der Waals surface area contributed by atoms with E-state index in [1.54, 1.807) is 12.1 Å². The van der Waals surface area contributed by atoms with Gasteiger partial charge >= 0.3 is 0 Å². The van der Waals surface area contributed by atoms with E-state index in [2.05, 4.69) is 17.1 Å². The minimum Gasteiger partial charge on any atom is -0.356 e. The summed E-state index contributed by atoms with van der Waals surface area (Å²) in [4.78, 5) is 14.2. The molecule has 0 bridgehead atoms. The molecule has 1 aliphatic heterocycles. The van der Waals surface area contributed by atoms with Crippen LogP contribution in [0, 0.1) is 17.7 Å². The Kier molecular flexibility index (Phi) is 6.58. The summed E-state index contributed by atoms with van der Waals surface area (Å²) in [7, 11) is 0. The van der Waals surface area contributed by atoms with E-state index in [1.165, 1.54) is 5.56 Å². The molecule has 1 aliphatic rings. The topological polar surface area (TPSA) is 32.3 Å². The standard InChI is InChI=1S/C19H29FN2O/c1-4-18(16-7-9-17(20)10-8-16)22-11-5-6-15(13-22)12-21-19(23)14(2)3/h7-10,14-15,18H,4-6,11-13H2,1-3H3,(H,21,23). The van der Waals surface area contributed by atoms with Gasteiger partial charge in [0, 0.05) is 25.0 Å². The molecule has 1 saturated heterocycles. The molecule has 0 aliphatic carbocycles. The number of carbonyl (C=O) groups is 1. The van der Waals surface area contributed by atoms with Crippen LogP contribution in [0.2, 0.25) is 0 Å². The van der Waals surface area contributed by atoms with Gasteiger partial charge in [-0.2, -0.15) is 0 Å². The van der Waals surface area contributed by atoms with Crippen molar-refractivity contribution in [3.63, 3.8) is 0 Å². The van der Waals surface area contributed by atoms with Crippen LogP contribution in [0.3, 0.4) is 0 Å². The van der Waals surface area contributed by atoms with Gasteiger partial charge in [0.15, 0.2) is 0 Å². The molecule has 1 amide bonds. The number of benzene rings is 1. The highest BCUT2D eigenvalue weighted by molar-refractivity contribution is 5.77. The second-order valence-corrected chi connectivity index (χ2v) is 6.88. The van der Waals surface area contributed by atoms with Gasteiger partial charge in [-0.05, 0) is 49.4 Å². The Hall–Kier alpha value is -1.42. The van der Waals surface area contributed by atoms with E-state index in [0.717, 1.165) is 38.9 Å². The number of carbonyl (C=O) groups excluding carboxylic acids is 1. The number of nitrogens with zero attached hydrogens (tertiary/aromatic N) is 1. The van der Waals surface area contributed by atoms with Crippen LogP contribution in [-0.4, -0.2) is 30.4 Å². The number of rotatable bonds is 6. The first-order chi connectivity index (χ1) is 11.0. The average molecular weight is 320 g/mol. The van der Waals surface area contributed by atoms with Crippen LogP contribution >= 0.6 is 0 Å². The second-order valence-electron chi connectivity index (χ2n) is 6.88. The van der Waals surface area contributed by atoms with Gasteiger partial charge in [-0.3, -0.25) is 9.69 Å². The van der Waals surface area contributed by atoms with Crippen molar-refractivity contribution in [2.24, 2.45) is 11.8 Å². The molecule has 1 aromatic carbocycles. The van der Waals surface area contributed by atoms with Crippen LogP contribution in [0.4, 0.5) is 4.39 Å². The van der Waals surface area contributed by atoms with Gasteiger partial charge in [0.2, 0.25) is 5.91 Å². The summed E-state index contributed by atoms with van der Waals surface area (Å²) in [5.41, 5.74) is 1.18. The Bertz CT molecular complexity index is 501. The van der Waals surface area contributed by atoms with Gasteiger partial charge in [-0.1, -0.05) is 32.9 Å². The van der Waals surface area contributed by atoms with Gasteiger partial charge in [-0.15, -0.1) is 0 Å². The van der Waals surface area contributed by atoms with E-state index in [4.69, 9.17) is 0 Å².